The molecule has 8 heteroatoms. The Kier molecular flexibility index (Phi) is 5.54. The van der Waals surface area contributed by atoms with Crippen LogP contribution >= 0.6 is 23.2 Å². The predicted molar refractivity (Wildman–Crippen MR) is 117 cm³/mol. The van der Waals surface area contributed by atoms with Crippen molar-refractivity contribution in [2.24, 2.45) is 7.05 Å². The van der Waals surface area contributed by atoms with Crippen molar-refractivity contribution in [3.05, 3.63) is 81.1 Å². The minimum Gasteiger partial charge on any atom is -0.345 e. The summed E-state index contributed by atoms with van der Waals surface area (Å²) >= 11 is 12.4. The maximum Gasteiger partial charge on any atom is 0.276 e. The van der Waals surface area contributed by atoms with Crippen molar-refractivity contribution in [1.82, 2.24) is 15.1 Å². The monoisotopic (exact) mass is 442 g/mol. The fourth-order valence-electron chi connectivity index (χ4n) is 3.77. The van der Waals surface area contributed by atoms with Gasteiger partial charge in [0.1, 0.15) is 5.69 Å². The van der Waals surface area contributed by atoms with E-state index >= 15 is 0 Å². The number of nitrogens with zero attached hydrogens (tertiary/aromatic N) is 3. The van der Waals surface area contributed by atoms with Crippen LogP contribution in [0.1, 0.15) is 44.6 Å². The number of rotatable bonds is 3. The number of benzene rings is 2. The average molecular weight is 443 g/mol. The largest absolute Gasteiger partial charge is 0.345 e. The molecule has 2 heterocycles. The molecule has 1 atom stereocenters. The summed E-state index contributed by atoms with van der Waals surface area (Å²) in [5.74, 6) is -0.411. The van der Waals surface area contributed by atoms with Crippen LogP contribution < -0.4 is 10.2 Å². The van der Waals surface area contributed by atoms with Crippen molar-refractivity contribution in [3.63, 3.8) is 0 Å². The lowest BCUT2D eigenvalue weighted by molar-refractivity contribution is 0.0933. The number of aromatic nitrogens is 2. The van der Waals surface area contributed by atoms with Crippen molar-refractivity contribution >= 4 is 40.7 Å². The lowest BCUT2D eigenvalue weighted by atomic mass is 9.95. The summed E-state index contributed by atoms with van der Waals surface area (Å²) in [5.41, 5.74) is 3.20. The molecule has 2 amide bonds. The molecule has 0 spiro atoms. The Bertz CT molecular complexity index is 1140. The number of carbonyl (C=O) groups excluding carboxylic acids is 2. The molecule has 3 aromatic rings. The van der Waals surface area contributed by atoms with E-state index < -0.39 is 0 Å². The summed E-state index contributed by atoms with van der Waals surface area (Å²) in [4.78, 5) is 27.7. The van der Waals surface area contributed by atoms with Crippen LogP contribution in [0.4, 0.5) is 5.69 Å². The van der Waals surface area contributed by atoms with Gasteiger partial charge in [0.25, 0.3) is 11.8 Å². The molecular weight excluding hydrogens is 423 g/mol. The maximum absolute atomic E-state index is 13.2. The van der Waals surface area contributed by atoms with Gasteiger partial charge in [0.05, 0.1) is 28.0 Å². The van der Waals surface area contributed by atoms with E-state index in [2.05, 4.69) is 10.4 Å². The molecular formula is C22H20Cl2N4O2. The van der Waals surface area contributed by atoms with Gasteiger partial charge in [-0.3, -0.25) is 14.3 Å². The van der Waals surface area contributed by atoms with Gasteiger partial charge >= 0.3 is 0 Å². The van der Waals surface area contributed by atoms with Gasteiger partial charge in [-0.05, 0) is 49.2 Å². The summed E-state index contributed by atoms with van der Waals surface area (Å²) in [5, 5.41) is 8.23. The quantitative estimate of drug-likeness (QED) is 0.646. The Morgan fingerprint density at radius 3 is 2.60 bits per heavy atom. The Morgan fingerprint density at radius 2 is 1.90 bits per heavy atom. The Labute approximate surface area is 184 Å². The molecule has 30 heavy (non-hydrogen) atoms. The van der Waals surface area contributed by atoms with Crippen LogP contribution in [0, 0.1) is 6.92 Å². The standard InChI is InChI=1S/C22H20Cl2N4O2/c1-13-11-20(27(2)26-13)22(30)28-10-9-18(16-8-7-14(23)12-19(16)28)25-21(29)15-5-3-4-6-17(15)24/h3-8,11-12,18H,9-10H2,1-2H3,(H,25,29). The first kappa shape index (κ1) is 20.4. The Hall–Kier alpha value is -2.83. The van der Waals surface area contributed by atoms with Crippen LogP contribution in [0.2, 0.25) is 10.0 Å². The van der Waals surface area contributed by atoms with Gasteiger partial charge in [-0.1, -0.05) is 41.4 Å². The van der Waals surface area contributed by atoms with Crippen LogP contribution in [0.3, 0.4) is 0 Å². The summed E-state index contributed by atoms with van der Waals surface area (Å²) in [6.07, 6.45) is 0.563. The zero-order chi connectivity index (χ0) is 21.4. The molecule has 0 saturated heterocycles. The van der Waals surface area contributed by atoms with Gasteiger partial charge in [-0.2, -0.15) is 5.10 Å². The highest BCUT2D eigenvalue weighted by Crippen LogP contribution is 2.37. The molecule has 0 radical (unpaired) electrons. The van der Waals surface area contributed by atoms with Crippen LogP contribution in [0.25, 0.3) is 0 Å². The molecule has 1 aliphatic heterocycles. The first-order chi connectivity index (χ1) is 14.3. The first-order valence-corrected chi connectivity index (χ1v) is 10.3. The molecule has 1 unspecified atom stereocenters. The topological polar surface area (TPSA) is 67.2 Å². The van der Waals surface area contributed by atoms with E-state index in [0.717, 1.165) is 11.3 Å². The van der Waals surface area contributed by atoms with Crippen LogP contribution in [-0.4, -0.2) is 28.1 Å². The number of aryl methyl sites for hydroxylation is 2. The molecule has 2 aromatic carbocycles. The van der Waals surface area contributed by atoms with Crippen LogP contribution in [-0.2, 0) is 7.05 Å². The average Bonchev–Trinajstić information content (AvgIpc) is 3.05. The summed E-state index contributed by atoms with van der Waals surface area (Å²) < 4.78 is 1.58. The van der Waals surface area contributed by atoms with Gasteiger partial charge in [-0.15, -0.1) is 0 Å². The SMILES string of the molecule is Cc1cc(C(=O)N2CCC(NC(=O)c3ccccc3Cl)c3ccc(Cl)cc32)n(C)n1. The smallest absolute Gasteiger partial charge is 0.276 e. The fraction of sp³-hybridized carbons (Fsp3) is 0.227. The highest BCUT2D eigenvalue weighted by atomic mass is 35.5. The normalized spacial score (nSPS) is 15.6. The van der Waals surface area contributed by atoms with Gasteiger partial charge in [0.2, 0.25) is 0 Å². The Morgan fingerprint density at radius 1 is 1.13 bits per heavy atom. The van der Waals surface area contributed by atoms with Crippen LogP contribution in [0.15, 0.2) is 48.5 Å². The molecule has 0 aliphatic carbocycles. The number of amides is 2. The zero-order valence-corrected chi connectivity index (χ0v) is 18.0. The van der Waals surface area contributed by atoms with E-state index in [1.807, 2.05) is 13.0 Å². The lowest BCUT2D eigenvalue weighted by Gasteiger charge is -2.35. The van der Waals surface area contributed by atoms with E-state index in [-0.39, 0.29) is 17.9 Å². The highest BCUT2D eigenvalue weighted by molar-refractivity contribution is 6.33. The van der Waals surface area contributed by atoms with E-state index in [4.69, 9.17) is 23.2 Å². The summed E-state index contributed by atoms with van der Waals surface area (Å²) in [6, 6.07) is 13.8. The minimum absolute atomic E-state index is 0.155. The number of fused-ring (bicyclic) bond motifs is 1. The lowest BCUT2D eigenvalue weighted by Crippen LogP contribution is -2.41. The van der Waals surface area contributed by atoms with Gasteiger partial charge in [0, 0.05) is 18.6 Å². The number of anilines is 1. The molecule has 154 valence electrons. The highest BCUT2D eigenvalue weighted by Gasteiger charge is 2.32. The number of hydrogen-bond donors (Lipinski definition) is 1. The van der Waals surface area contributed by atoms with Crippen LogP contribution in [0.5, 0.6) is 0 Å². The first-order valence-electron chi connectivity index (χ1n) is 9.52. The third-order valence-electron chi connectivity index (χ3n) is 5.19. The number of halogens is 2. The molecule has 6 nitrogen and oxygen atoms in total. The molecule has 0 fully saturated rings. The second kappa shape index (κ2) is 8.13. The number of carbonyl (C=O) groups is 2. The molecule has 1 aromatic heterocycles. The molecule has 0 bridgehead atoms. The van der Waals surface area contributed by atoms with E-state index in [0.29, 0.717) is 40.0 Å². The summed E-state index contributed by atoms with van der Waals surface area (Å²) in [6.45, 7) is 2.28. The maximum atomic E-state index is 13.2. The minimum atomic E-state index is -0.265. The summed E-state index contributed by atoms with van der Waals surface area (Å²) in [7, 11) is 1.75. The molecule has 1 N–H and O–H groups in total. The third-order valence-corrected chi connectivity index (χ3v) is 5.75. The van der Waals surface area contributed by atoms with Crippen molar-refractivity contribution in [2.75, 3.05) is 11.4 Å². The molecule has 4 rings (SSSR count). The van der Waals surface area contributed by atoms with E-state index in [9.17, 15) is 9.59 Å². The molecule has 1 aliphatic rings. The van der Waals surface area contributed by atoms with Crippen molar-refractivity contribution in [2.45, 2.75) is 19.4 Å². The van der Waals surface area contributed by atoms with Crippen molar-refractivity contribution in [1.29, 1.82) is 0 Å². The number of nitrogens with one attached hydrogen (secondary N) is 1. The number of hydrogen-bond acceptors (Lipinski definition) is 3. The Balaban J connectivity index is 1.66. The third kappa shape index (κ3) is 3.80. The van der Waals surface area contributed by atoms with Gasteiger partial charge in [0.15, 0.2) is 0 Å². The van der Waals surface area contributed by atoms with Gasteiger partial charge < -0.3 is 10.2 Å². The van der Waals surface area contributed by atoms with E-state index in [1.54, 1.807) is 59.1 Å². The molecule has 0 saturated carbocycles. The second-order valence-corrected chi connectivity index (χ2v) is 8.09. The van der Waals surface area contributed by atoms with Gasteiger partial charge in [-0.25, -0.2) is 0 Å². The van der Waals surface area contributed by atoms with E-state index in [1.165, 1.54) is 0 Å². The van der Waals surface area contributed by atoms with Crippen molar-refractivity contribution < 1.29 is 9.59 Å². The zero-order valence-electron chi connectivity index (χ0n) is 16.5. The fourth-order valence-corrected chi connectivity index (χ4v) is 4.16. The predicted octanol–water partition coefficient (Wildman–Crippen LogP) is 4.56. The second-order valence-electron chi connectivity index (χ2n) is 7.25. The van der Waals surface area contributed by atoms with Crippen molar-refractivity contribution in [3.8, 4) is 0 Å².